The molecule has 0 atom stereocenters. The Labute approximate surface area is 200 Å². The number of rotatable bonds is 7. The Balaban J connectivity index is 1.54. The third-order valence-electron chi connectivity index (χ3n) is 5.16. The van der Waals surface area contributed by atoms with E-state index in [4.69, 9.17) is 10.5 Å². The van der Waals surface area contributed by atoms with Gasteiger partial charge in [0, 0.05) is 13.1 Å². The number of carbonyl (C=O) groups excluding carboxylic acids is 2. The second-order valence-corrected chi connectivity index (χ2v) is 9.37. The zero-order chi connectivity index (χ0) is 25.5. The smallest absolute Gasteiger partial charge is 0.461 e. The molecule has 4 rings (SSSR count). The maximum atomic E-state index is 12.5. The topological polar surface area (TPSA) is 121 Å². The lowest BCUT2D eigenvalue weighted by molar-refractivity contribution is -0.274. The van der Waals surface area contributed by atoms with Gasteiger partial charge in [-0.05, 0) is 44.2 Å². The van der Waals surface area contributed by atoms with Crippen molar-refractivity contribution in [2.45, 2.75) is 20.2 Å². The summed E-state index contributed by atoms with van der Waals surface area (Å²) in [6.07, 6.45) is -4.78. The van der Waals surface area contributed by atoms with Crippen molar-refractivity contribution in [1.29, 1.82) is 0 Å². The van der Waals surface area contributed by atoms with Crippen LogP contribution in [0.2, 0.25) is 0 Å². The Kier molecular flexibility index (Phi) is 6.05. The number of thiazole rings is 1. The van der Waals surface area contributed by atoms with Crippen molar-refractivity contribution in [2.75, 3.05) is 11.9 Å². The average Bonchev–Trinajstić information content (AvgIpc) is 3.30. The van der Waals surface area contributed by atoms with E-state index in [1.807, 2.05) is 0 Å². The van der Waals surface area contributed by atoms with E-state index in [-0.39, 0.29) is 17.9 Å². The fourth-order valence-corrected chi connectivity index (χ4v) is 3.98. The highest BCUT2D eigenvalue weighted by molar-refractivity contribution is 7.22. The summed E-state index contributed by atoms with van der Waals surface area (Å²) in [4.78, 5) is 32.7. The summed E-state index contributed by atoms with van der Waals surface area (Å²) in [5, 5.41) is 3.47. The maximum Gasteiger partial charge on any atom is 0.573 e. The number of ether oxygens (including phenoxy) is 2. The van der Waals surface area contributed by atoms with Gasteiger partial charge < -0.3 is 25.1 Å². The Bertz CT molecular complexity index is 1440. The summed E-state index contributed by atoms with van der Waals surface area (Å²) >= 11 is 1.14. The van der Waals surface area contributed by atoms with Crippen LogP contribution in [0.1, 0.15) is 24.2 Å². The lowest BCUT2D eigenvalue weighted by atomic mass is 9.94. The predicted molar refractivity (Wildman–Crippen MR) is 124 cm³/mol. The number of aromatic nitrogens is 3. The number of fused-ring (bicyclic) bond motifs is 2. The van der Waals surface area contributed by atoms with E-state index in [0.717, 1.165) is 11.3 Å². The van der Waals surface area contributed by atoms with Gasteiger partial charge in [0.2, 0.25) is 11.9 Å². The van der Waals surface area contributed by atoms with Crippen LogP contribution in [0.4, 0.5) is 24.3 Å². The molecule has 13 heteroatoms. The maximum absolute atomic E-state index is 12.5. The number of nitrogens with zero attached hydrogens (tertiary/aromatic N) is 3. The van der Waals surface area contributed by atoms with Crippen LogP contribution in [0, 0.1) is 5.41 Å². The van der Waals surface area contributed by atoms with Gasteiger partial charge in [-0.25, -0.2) is 14.8 Å². The Hall–Kier alpha value is -3.87. The molecular formula is C22H20F3N5O4S. The van der Waals surface area contributed by atoms with E-state index in [0.29, 0.717) is 32.3 Å². The van der Waals surface area contributed by atoms with Gasteiger partial charge in [0.25, 0.3) is 0 Å². The quantitative estimate of drug-likeness (QED) is 0.354. The Morgan fingerprint density at radius 3 is 2.54 bits per heavy atom. The molecule has 4 aromatic rings. The monoisotopic (exact) mass is 507 g/mol. The number of esters is 1. The number of hydrogen-bond acceptors (Lipinski definition) is 8. The first-order valence-corrected chi connectivity index (χ1v) is 11.0. The van der Waals surface area contributed by atoms with Crippen LogP contribution >= 0.6 is 11.3 Å². The average molecular weight is 507 g/mol. The van der Waals surface area contributed by atoms with Gasteiger partial charge in [-0.2, -0.15) is 0 Å². The zero-order valence-corrected chi connectivity index (χ0v) is 19.6. The number of nitrogens with two attached hydrogens (primary N) is 1. The molecule has 2 aromatic heterocycles. The molecule has 0 unspecified atom stereocenters. The summed E-state index contributed by atoms with van der Waals surface area (Å²) in [5.74, 6) is -1.13. The number of anilines is 2. The number of primary amides is 1. The van der Waals surface area contributed by atoms with E-state index in [2.05, 4.69) is 20.0 Å². The van der Waals surface area contributed by atoms with Crippen LogP contribution in [0.5, 0.6) is 5.75 Å². The van der Waals surface area contributed by atoms with Gasteiger partial charge in [0.05, 0.1) is 32.2 Å². The number of alkyl halides is 3. The SMILES string of the molecule is Cn1c(Nc2nc3ccc(OC(F)(F)F)cc3s2)nc2cc(C(=O)OCC(C)(C)C(N)=O)ccc21. The van der Waals surface area contributed by atoms with Crippen molar-refractivity contribution in [3.63, 3.8) is 0 Å². The lowest BCUT2D eigenvalue weighted by Crippen LogP contribution is -2.36. The molecule has 35 heavy (non-hydrogen) atoms. The summed E-state index contributed by atoms with van der Waals surface area (Å²) in [7, 11) is 1.76. The van der Waals surface area contributed by atoms with Crippen LogP contribution in [-0.4, -0.2) is 39.4 Å². The minimum Gasteiger partial charge on any atom is -0.461 e. The normalized spacial score (nSPS) is 12.2. The molecule has 3 N–H and O–H groups in total. The molecule has 1 amide bonds. The molecule has 2 heterocycles. The van der Waals surface area contributed by atoms with Gasteiger partial charge in [-0.15, -0.1) is 13.2 Å². The fourth-order valence-electron chi connectivity index (χ4n) is 3.09. The Morgan fingerprint density at radius 2 is 1.86 bits per heavy atom. The number of imidazole rings is 1. The number of hydrogen-bond donors (Lipinski definition) is 2. The summed E-state index contributed by atoms with van der Waals surface area (Å²) < 4.78 is 48.9. The van der Waals surface area contributed by atoms with Crippen LogP contribution in [-0.2, 0) is 16.6 Å². The number of aryl methyl sites for hydroxylation is 1. The van der Waals surface area contributed by atoms with Crippen molar-refractivity contribution in [3.05, 3.63) is 42.0 Å². The lowest BCUT2D eigenvalue weighted by Gasteiger charge is -2.19. The van der Waals surface area contributed by atoms with Crippen molar-refractivity contribution in [2.24, 2.45) is 18.2 Å². The number of halogens is 3. The van der Waals surface area contributed by atoms with Gasteiger partial charge in [-0.3, -0.25) is 4.79 Å². The Morgan fingerprint density at radius 1 is 1.11 bits per heavy atom. The highest BCUT2D eigenvalue weighted by Gasteiger charge is 2.31. The van der Waals surface area contributed by atoms with Gasteiger partial charge in [0.1, 0.15) is 12.4 Å². The second kappa shape index (κ2) is 8.73. The first-order valence-electron chi connectivity index (χ1n) is 10.2. The number of amides is 1. The first-order chi connectivity index (χ1) is 16.3. The van der Waals surface area contributed by atoms with Gasteiger partial charge in [0.15, 0.2) is 5.13 Å². The molecule has 0 aliphatic carbocycles. The van der Waals surface area contributed by atoms with E-state index in [1.54, 1.807) is 43.7 Å². The molecule has 0 saturated heterocycles. The minimum absolute atomic E-state index is 0.165. The van der Waals surface area contributed by atoms with E-state index >= 15 is 0 Å². The number of carbonyl (C=O) groups is 2. The molecule has 0 aliphatic rings. The van der Waals surface area contributed by atoms with E-state index < -0.39 is 23.7 Å². The summed E-state index contributed by atoms with van der Waals surface area (Å²) in [6, 6.07) is 8.72. The highest BCUT2D eigenvalue weighted by atomic mass is 32.1. The van der Waals surface area contributed by atoms with Gasteiger partial charge in [-0.1, -0.05) is 11.3 Å². The second-order valence-electron chi connectivity index (χ2n) is 8.34. The largest absolute Gasteiger partial charge is 0.573 e. The van der Waals surface area contributed by atoms with Crippen LogP contribution in [0.3, 0.4) is 0 Å². The predicted octanol–water partition coefficient (Wildman–Crippen LogP) is 4.49. The number of nitrogens with one attached hydrogen (secondary N) is 1. The van der Waals surface area contributed by atoms with Crippen molar-refractivity contribution < 1.29 is 32.2 Å². The van der Waals surface area contributed by atoms with Crippen LogP contribution < -0.4 is 15.8 Å². The van der Waals surface area contributed by atoms with E-state index in [9.17, 15) is 22.8 Å². The summed E-state index contributed by atoms with van der Waals surface area (Å²) in [5.41, 5.74) is 6.26. The standard InChI is InChI=1S/C22H20F3N5O4S/c1-21(2,18(26)32)10-33-17(31)11-4-7-15-14(8-11)27-19(30(15)3)29-20-28-13-6-5-12(9-16(13)35-20)34-22(23,24)25/h4-9H,10H2,1-3H3,(H2,26,32)(H,27,28,29). The third kappa shape index (κ3) is 5.29. The molecular weight excluding hydrogens is 487 g/mol. The third-order valence-corrected chi connectivity index (χ3v) is 6.09. The van der Waals surface area contributed by atoms with Crippen molar-refractivity contribution in [1.82, 2.24) is 14.5 Å². The van der Waals surface area contributed by atoms with Crippen LogP contribution in [0.25, 0.3) is 21.3 Å². The fraction of sp³-hybridized carbons (Fsp3) is 0.273. The van der Waals surface area contributed by atoms with Gasteiger partial charge >= 0.3 is 12.3 Å². The molecule has 184 valence electrons. The molecule has 0 aliphatic heterocycles. The number of benzene rings is 2. The van der Waals surface area contributed by atoms with Crippen LogP contribution in [0.15, 0.2) is 36.4 Å². The zero-order valence-electron chi connectivity index (χ0n) is 18.8. The molecule has 2 aromatic carbocycles. The molecule has 0 spiro atoms. The highest BCUT2D eigenvalue weighted by Crippen LogP contribution is 2.33. The molecule has 0 saturated carbocycles. The van der Waals surface area contributed by atoms with Crippen molar-refractivity contribution in [3.8, 4) is 5.75 Å². The minimum atomic E-state index is -4.78. The van der Waals surface area contributed by atoms with Crippen molar-refractivity contribution >= 4 is 55.5 Å². The molecule has 0 fully saturated rings. The first kappa shape index (κ1) is 24.3. The molecule has 0 bridgehead atoms. The van der Waals surface area contributed by atoms with E-state index in [1.165, 1.54) is 18.2 Å². The molecule has 9 nitrogen and oxygen atoms in total. The summed E-state index contributed by atoms with van der Waals surface area (Å²) in [6.45, 7) is 2.99. The molecule has 0 radical (unpaired) electrons.